The van der Waals surface area contributed by atoms with Crippen LogP contribution in [0, 0.1) is 0 Å². The summed E-state index contributed by atoms with van der Waals surface area (Å²) in [6, 6.07) is 14.8. The number of nitrogens with one attached hydrogen (secondary N) is 1. The second-order valence-corrected chi connectivity index (χ2v) is 9.73. The zero-order valence-electron chi connectivity index (χ0n) is 17.7. The molecule has 4 nitrogen and oxygen atoms in total. The van der Waals surface area contributed by atoms with E-state index in [2.05, 4.69) is 5.32 Å². The summed E-state index contributed by atoms with van der Waals surface area (Å²) >= 11 is 13.7. The fraction of sp³-hybridized carbons (Fsp3) is 0.417. The van der Waals surface area contributed by atoms with Crippen molar-refractivity contribution in [1.82, 2.24) is 10.2 Å². The highest BCUT2D eigenvalue weighted by Crippen LogP contribution is 2.25. The van der Waals surface area contributed by atoms with Gasteiger partial charge in [0.1, 0.15) is 6.04 Å². The third-order valence-electron chi connectivity index (χ3n) is 5.56. The van der Waals surface area contributed by atoms with Crippen LogP contribution in [0.4, 0.5) is 0 Å². The number of thioether (sulfide) groups is 1. The summed E-state index contributed by atoms with van der Waals surface area (Å²) in [7, 11) is 0. The van der Waals surface area contributed by atoms with Gasteiger partial charge < -0.3 is 10.2 Å². The smallest absolute Gasteiger partial charge is 0.242 e. The van der Waals surface area contributed by atoms with Crippen molar-refractivity contribution in [1.29, 1.82) is 0 Å². The summed E-state index contributed by atoms with van der Waals surface area (Å²) in [5, 5.41) is 4.31. The first-order valence-corrected chi connectivity index (χ1v) is 12.5. The number of nitrogens with zero attached hydrogens (tertiary/aromatic N) is 1. The minimum absolute atomic E-state index is 0.0620. The SMILES string of the molecule is CC(C(=O)NC1CCCC1)N(Cc1ccccc1)C(=O)CSCc1ccc(Cl)cc1Cl. The third kappa shape index (κ3) is 7.16. The molecule has 3 rings (SSSR count). The van der Waals surface area contributed by atoms with Gasteiger partial charge in [-0.25, -0.2) is 0 Å². The van der Waals surface area contributed by atoms with Crippen LogP contribution in [-0.2, 0) is 21.9 Å². The lowest BCUT2D eigenvalue weighted by Crippen LogP contribution is -2.50. The van der Waals surface area contributed by atoms with E-state index in [9.17, 15) is 9.59 Å². The van der Waals surface area contributed by atoms with Gasteiger partial charge >= 0.3 is 0 Å². The summed E-state index contributed by atoms with van der Waals surface area (Å²) in [5.74, 6) is 0.728. The second kappa shape index (κ2) is 11.8. The molecule has 2 aromatic rings. The van der Waals surface area contributed by atoms with E-state index in [1.54, 1.807) is 17.0 Å². The number of amides is 2. The fourth-order valence-corrected chi connectivity index (χ4v) is 5.19. The van der Waals surface area contributed by atoms with E-state index in [1.807, 2.05) is 43.3 Å². The first-order valence-electron chi connectivity index (χ1n) is 10.6. The van der Waals surface area contributed by atoms with E-state index in [1.165, 1.54) is 11.8 Å². The Morgan fingerprint density at radius 1 is 1.13 bits per heavy atom. The molecule has 2 aromatic carbocycles. The Morgan fingerprint density at radius 2 is 1.84 bits per heavy atom. The summed E-state index contributed by atoms with van der Waals surface area (Å²) < 4.78 is 0. The molecule has 0 heterocycles. The van der Waals surface area contributed by atoms with Crippen LogP contribution in [0.1, 0.15) is 43.7 Å². The fourth-order valence-electron chi connectivity index (χ4n) is 3.72. The minimum Gasteiger partial charge on any atom is -0.352 e. The Labute approximate surface area is 198 Å². The number of carbonyl (C=O) groups excluding carboxylic acids is 2. The number of rotatable bonds is 9. The van der Waals surface area contributed by atoms with Crippen LogP contribution >= 0.6 is 35.0 Å². The highest BCUT2D eigenvalue weighted by Gasteiger charge is 2.28. The number of halogens is 2. The van der Waals surface area contributed by atoms with Crippen molar-refractivity contribution in [3.05, 3.63) is 69.7 Å². The molecule has 2 amide bonds. The maximum absolute atomic E-state index is 13.1. The lowest BCUT2D eigenvalue weighted by molar-refractivity contribution is -0.138. The van der Waals surface area contributed by atoms with Crippen molar-refractivity contribution in [2.75, 3.05) is 5.75 Å². The first kappa shape index (κ1) is 24.0. The largest absolute Gasteiger partial charge is 0.352 e. The van der Waals surface area contributed by atoms with Crippen molar-refractivity contribution >= 4 is 46.8 Å². The van der Waals surface area contributed by atoms with Crippen LogP contribution in [0.25, 0.3) is 0 Å². The Bertz CT molecular complexity index is 888. The van der Waals surface area contributed by atoms with Gasteiger partial charge in [-0.3, -0.25) is 9.59 Å². The lowest BCUT2D eigenvalue weighted by Gasteiger charge is -2.29. The molecule has 0 aromatic heterocycles. The summed E-state index contributed by atoms with van der Waals surface area (Å²) in [4.78, 5) is 27.7. The molecule has 1 aliphatic rings. The zero-order chi connectivity index (χ0) is 22.2. The molecule has 0 radical (unpaired) electrons. The van der Waals surface area contributed by atoms with Crippen LogP contribution in [0.15, 0.2) is 48.5 Å². The molecule has 0 bridgehead atoms. The van der Waals surface area contributed by atoms with E-state index in [4.69, 9.17) is 23.2 Å². The van der Waals surface area contributed by atoms with Crippen molar-refractivity contribution in [3.8, 4) is 0 Å². The van der Waals surface area contributed by atoms with Crippen LogP contribution < -0.4 is 5.32 Å². The molecule has 1 unspecified atom stereocenters. The monoisotopic (exact) mass is 478 g/mol. The standard InChI is InChI=1S/C24H28Cl2N2O2S/c1-17(24(30)27-21-9-5-6-10-21)28(14-18-7-3-2-4-8-18)23(29)16-31-15-19-11-12-20(25)13-22(19)26/h2-4,7-8,11-13,17,21H,5-6,9-10,14-16H2,1H3,(H,27,30). The number of hydrogen-bond acceptors (Lipinski definition) is 3. The molecule has 1 atom stereocenters. The van der Waals surface area contributed by atoms with Crippen molar-refractivity contribution in [2.24, 2.45) is 0 Å². The quantitative estimate of drug-likeness (QED) is 0.502. The first-order chi connectivity index (χ1) is 14.9. The predicted octanol–water partition coefficient (Wildman–Crippen LogP) is 5.70. The summed E-state index contributed by atoms with van der Waals surface area (Å²) in [6.07, 6.45) is 4.33. The van der Waals surface area contributed by atoms with Crippen molar-refractivity contribution < 1.29 is 9.59 Å². The van der Waals surface area contributed by atoms with Crippen molar-refractivity contribution in [2.45, 2.75) is 57.0 Å². The third-order valence-corrected chi connectivity index (χ3v) is 7.12. The molecular formula is C24H28Cl2N2O2S. The van der Waals surface area contributed by atoms with Gasteiger partial charge in [0, 0.05) is 28.4 Å². The summed E-state index contributed by atoms with van der Waals surface area (Å²) in [6.45, 7) is 2.22. The molecule has 1 fully saturated rings. The maximum Gasteiger partial charge on any atom is 0.242 e. The average molecular weight is 479 g/mol. The molecule has 7 heteroatoms. The lowest BCUT2D eigenvalue weighted by atomic mass is 10.1. The Hall–Kier alpha value is -1.69. The van der Waals surface area contributed by atoms with E-state index in [0.29, 0.717) is 22.3 Å². The molecule has 0 spiro atoms. The van der Waals surface area contributed by atoms with Gasteiger partial charge in [0.2, 0.25) is 11.8 Å². The molecule has 0 aliphatic heterocycles. The van der Waals surface area contributed by atoms with Crippen molar-refractivity contribution in [3.63, 3.8) is 0 Å². The highest BCUT2D eigenvalue weighted by molar-refractivity contribution is 7.99. The topological polar surface area (TPSA) is 49.4 Å². The summed E-state index contributed by atoms with van der Waals surface area (Å²) in [5.41, 5.74) is 1.94. The van der Waals surface area contributed by atoms with Crippen LogP contribution in [0.2, 0.25) is 10.0 Å². The van der Waals surface area contributed by atoms with E-state index < -0.39 is 6.04 Å². The predicted molar refractivity (Wildman–Crippen MR) is 129 cm³/mol. The number of carbonyl (C=O) groups is 2. The maximum atomic E-state index is 13.1. The molecule has 1 N–H and O–H groups in total. The van der Waals surface area contributed by atoms with Gasteiger partial charge in [-0.05, 0) is 43.0 Å². The van der Waals surface area contributed by atoms with Crippen LogP contribution in [0.3, 0.4) is 0 Å². The van der Waals surface area contributed by atoms with E-state index in [0.717, 1.165) is 36.8 Å². The van der Waals surface area contributed by atoms with E-state index in [-0.39, 0.29) is 23.6 Å². The van der Waals surface area contributed by atoms with Gasteiger partial charge in [0.15, 0.2) is 0 Å². The Balaban J connectivity index is 1.64. The number of hydrogen-bond donors (Lipinski definition) is 1. The minimum atomic E-state index is -0.534. The second-order valence-electron chi connectivity index (χ2n) is 7.90. The molecule has 1 saturated carbocycles. The van der Waals surface area contributed by atoms with Gasteiger partial charge in [0.25, 0.3) is 0 Å². The van der Waals surface area contributed by atoms with Crippen LogP contribution in [0.5, 0.6) is 0 Å². The molecular weight excluding hydrogens is 451 g/mol. The zero-order valence-corrected chi connectivity index (χ0v) is 20.0. The van der Waals surface area contributed by atoms with Gasteiger partial charge in [-0.1, -0.05) is 72.4 Å². The molecule has 0 saturated heterocycles. The molecule has 31 heavy (non-hydrogen) atoms. The van der Waals surface area contributed by atoms with Gasteiger partial charge in [-0.2, -0.15) is 0 Å². The number of benzene rings is 2. The average Bonchev–Trinajstić information content (AvgIpc) is 3.26. The Morgan fingerprint density at radius 3 is 2.52 bits per heavy atom. The van der Waals surface area contributed by atoms with Gasteiger partial charge in [0.05, 0.1) is 5.75 Å². The molecule has 166 valence electrons. The van der Waals surface area contributed by atoms with Gasteiger partial charge in [-0.15, -0.1) is 11.8 Å². The molecule has 1 aliphatic carbocycles. The highest BCUT2D eigenvalue weighted by atomic mass is 35.5. The van der Waals surface area contributed by atoms with E-state index >= 15 is 0 Å². The van der Waals surface area contributed by atoms with Crippen LogP contribution in [-0.4, -0.2) is 34.6 Å². The Kier molecular flexibility index (Phi) is 9.12. The normalized spacial score (nSPS) is 14.9.